The van der Waals surface area contributed by atoms with Crippen LogP contribution in [-0.2, 0) is 4.79 Å². The maximum absolute atomic E-state index is 11.4. The average Bonchev–Trinajstić information content (AvgIpc) is 3.08. The van der Waals surface area contributed by atoms with Crippen LogP contribution in [0.5, 0.6) is 0 Å². The molecule has 5 nitrogen and oxygen atoms in total. The molecule has 0 aromatic rings. The molecule has 1 unspecified atom stereocenters. The minimum Gasteiger partial charge on any atom is -0.370 e. The summed E-state index contributed by atoms with van der Waals surface area (Å²) in [6.07, 6.45) is 4.57. The highest BCUT2D eigenvalue weighted by molar-refractivity contribution is 14.0. The topological polar surface area (TPSA) is 79.5 Å². The third kappa shape index (κ3) is 8.54. The highest BCUT2D eigenvalue weighted by Gasteiger charge is 2.22. The first-order chi connectivity index (χ1) is 8.11. The fourth-order valence-corrected chi connectivity index (χ4v) is 1.37. The number of halogens is 1. The summed E-state index contributed by atoms with van der Waals surface area (Å²) in [5.74, 6) is 0.609. The third-order valence-electron chi connectivity index (χ3n) is 2.79. The van der Waals surface area contributed by atoms with Gasteiger partial charge in [-0.3, -0.25) is 9.79 Å². The first kappa shape index (κ1) is 17.5. The van der Waals surface area contributed by atoms with Crippen molar-refractivity contribution in [3.63, 3.8) is 0 Å². The van der Waals surface area contributed by atoms with Gasteiger partial charge in [-0.2, -0.15) is 0 Å². The first-order valence-electron chi connectivity index (χ1n) is 6.47. The van der Waals surface area contributed by atoms with Gasteiger partial charge in [0, 0.05) is 25.0 Å². The molecule has 0 saturated heterocycles. The van der Waals surface area contributed by atoms with Crippen molar-refractivity contribution in [2.75, 3.05) is 6.54 Å². The average molecular weight is 368 g/mol. The van der Waals surface area contributed by atoms with Crippen LogP contribution in [0, 0.1) is 0 Å². The summed E-state index contributed by atoms with van der Waals surface area (Å²) in [4.78, 5) is 15.5. The van der Waals surface area contributed by atoms with Gasteiger partial charge in [0.2, 0.25) is 5.91 Å². The van der Waals surface area contributed by atoms with E-state index < -0.39 is 0 Å². The van der Waals surface area contributed by atoms with Crippen molar-refractivity contribution in [1.82, 2.24) is 10.6 Å². The summed E-state index contributed by atoms with van der Waals surface area (Å²) in [6.45, 7) is 4.76. The maximum atomic E-state index is 11.4. The number of hydrogen-bond acceptors (Lipinski definition) is 2. The molecule has 1 saturated carbocycles. The second kappa shape index (κ2) is 9.41. The molecule has 0 aromatic heterocycles. The van der Waals surface area contributed by atoms with E-state index in [0.29, 0.717) is 31.0 Å². The Balaban J connectivity index is 0.00000289. The molecule has 1 amide bonds. The molecule has 0 aromatic carbocycles. The predicted octanol–water partition coefficient (Wildman–Crippen LogP) is 1.37. The van der Waals surface area contributed by atoms with Crippen LogP contribution in [0.2, 0.25) is 0 Å². The number of aliphatic imine (C=N–C) groups is 1. The van der Waals surface area contributed by atoms with Gasteiger partial charge in [-0.05, 0) is 32.6 Å². The molecule has 0 spiro atoms. The summed E-state index contributed by atoms with van der Waals surface area (Å²) in [5, 5.41) is 6.04. The van der Waals surface area contributed by atoms with Crippen molar-refractivity contribution < 1.29 is 4.79 Å². The Kier molecular flexibility index (Phi) is 9.13. The minimum atomic E-state index is 0. The highest BCUT2D eigenvalue weighted by Crippen LogP contribution is 2.18. The Morgan fingerprint density at radius 2 is 2.17 bits per heavy atom. The number of carbonyl (C=O) groups is 1. The van der Waals surface area contributed by atoms with Gasteiger partial charge in [-0.15, -0.1) is 24.0 Å². The van der Waals surface area contributed by atoms with Gasteiger partial charge in [0.25, 0.3) is 0 Å². The molecule has 106 valence electrons. The quantitative estimate of drug-likeness (QED) is 0.275. The van der Waals surface area contributed by atoms with Gasteiger partial charge < -0.3 is 16.4 Å². The second-order valence-corrected chi connectivity index (χ2v) is 4.67. The summed E-state index contributed by atoms with van der Waals surface area (Å²) in [6, 6.07) is 0.792. The molecule has 0 radical (unpaired) electrons. The van der Waals surface area contributed by atoms with Crippen molar-refractivity contribution in [2.45, 2.75) is 58.0 Å². The maximum Gasteiger partial charge on any atom is 0.220 e. The zero-order valence-electron chi connectivity index (χ0n) is 11.2. The van der Waals surface area contributed by atoms with E-state index in [1.54, 1.807) is 0 Å². The van der Waals surface area contributed by atoms with Crippen molar-refractivity contribution >= 4 is 35.8 Å². The van der Waals surface area contributed by atoms with E-state index in [-0.39, 0.29) is 29.9 Å². The van der Waals surface area contributed by atoms with Crippen LogP contribution in [0.1, 0.15) is 46.0 Å². The van der Waals surface area contributed by atoms with Gasteiger partial charge >= 0.3 is 0 Å². The van der Waals surface area contributed by atoms with E-state index in [0.717, 1.165) is 25.7 Å². The Morgan fingerprint density at radius 1 is 1.50 bits per heavy atom. The van der Waals surface area contributed by atoms with E-state index in [1.807, 2.05) is 0 Å². The predicted molar refractivity (Wildman–Crippen MR) is 85.2 cm³/mol. The van der Waals surface area contributed by atoms with Crippen LogP contribution in [0.3, 0.4) is 0 Å². The molecular weight excluding hydrogens is 343 g/mol. The van der Waals surface area contributed by atoms with Gasteiger partial charge in [0.15, 0.2) is 5.96 Å². The normalized spacial score (nSPS) is 16.7. The lowest BCUT2D eigenvalue weighted by Gasteiger charge is -2.11. The highest BCUT2D eigenvalue weighted by atomic mass is 127. The monoisotopic (exact) mass is 368 g/mol. The molecule has 0 heterocycles. The van der Waals surface area contributed by atoms with E-state index in [9.17, 15) is 4.79 Å². The SMILES string of the molecule is CCC(C)NC(N)=NCCCC(=O)NC1CC1.I. The van der Waals surface area contributed by atoms with Gasteiger partial charge in [0.05, 0.1) is 0 Å². The second-order valence-electron chi connectivity index (χ2n) is 4.67. The number of rotatable bonds is 7. The molecule has 18 heavy (non-hydrogen) atoms. The van der Waals surface area contributed by atoms with E-state index in [2.05, 4.69) is 29.5 Å². The Labute approximate surface area is 126 Å². The van der Waals surface area contributed by atoms with Gasteiger partial charge in [0.1, 0.15) is 0 Å². The Morgan fingerprint density at radius 3 is 2.72 bits per heavy atom. The fraction of sp³-hybridized carbons (Fsp3) is 0.833. The standard InChI is InChI=1S/C12H24N4O.HI/c1-3-9(2)15-12(13)14-8-4-5-11(17)16-10-6-7-10;/h9-10H,3-8H2,1-2H3,(H,16,17)(H3,13,14,15);1H. The molecular formula is C12H25IN4O. The smallest absolute Gasteiger partial charge is 0.220 e. The van der Waals surface area contributed by atoms with Crippen molar-refractivity contribution in [1.29, 1.82) is 0 Å². The molecule has 1 rings (SSSR count). The number of hydrogen-bond donors (Lipinski definition) is 3. The number of amides is 1. The largest absolute Gasteiger partial charge is 0.370 e. The zero-order valence-corrected chi connectivity index (χ0v) is 13.6. The molecule has 0 aliphatic heterocycles. The van der Waals surface area contributed by atoms with E-state index in [1.165, 1.54) is 0 Å². The fourth-order valence-electron chi connectivity index (χ4n) is 1.37. The van der Waals surface area contributed by atoms with E-state index in [4.69, 9.17) is 5.73 Å². The number of guanidine groups is 1. The molecule has 1 aliphatic carbocycles. The molecule has 0 bridgehead atoms. The van der Waals surface area contributed by atoms with Gasteiger partial charge in [-0.25, -0.2) is 0 Å². The summed E-state index contributed by atoms with van der Waals surface area (Å²) < 4.78 is 0. The van der Waals surface area contributed by atoms with Crippen LogP contribution in [0.25, 0.3) is 0 Å². The van der Waals surface area contributed by atoms with Crippen LogP contribution >= 0.6 is 24.0 Å². The van der Waals surface area contributed by atoms with Gasteiger partial charge in [-0.1, -0.05) is 6.92 Å². The van der Waals surface area contributed by atoms with Crippen molar-refractivity contribution in [3.8, 4) is 0 Å². The molecule has 1 aliphatic rings. The van der Waals surface area contributed by atoms with Crippen molar-refractivity contribution in [3.05, 3.63) is 0 Å². The number of nitrogens with one attached hydrogen (secondary N) is 2. The van der Waals surface area contributed by atoms with Crippen LogP contribution in [-0.4, -0.2) is 30.5 Å². The number of carbonyl (C=O) groups excluding carboxylic acids is 1. The number of nitrogens with zero attached hydrogens (tertiary/aromatic N) is 1. The van der Waals surface area contributed by atoms with Crippen molar-refractivity contribution in [2.24, 2.45) is 10.7 Å². The lowest BCUT2D eigenvalue weighted by Crippen LogP contribution is -2.38. The molecule has 1 fully saturated rings. The summed E-state index contributed by atoms with van der Waals surface area (Å²) in [5.41, 5.74) is 5.70. The van der Waals surface area contributed by atoms with E-state index >= 15 is 0 Å². The summed E-state index contributed by atoms with van der Waals surface area (Å²) >= 11 is 0. The Bertz CT molecular complexity index is 279. The third-order valence-corrected chi connectivity index (χ3v) is 2.79. The summed E-state index contributed by atoms with van der Waals surface area (Å²) in [7, 11) is 0. The van der Waals surface area contributed by atoms with Crippen LogP contribution in [0.4, 0.5) is 0 Å². The van der Waals surface area contributed by atoms with Crippen LogP contribution < -0.4 is 16.4 Å². The molecule has 1 atom stereocenters. The minimum absolute atomic E-state index is 0. The zero-order chi connectivity index (χ0) is 12.7. The lowest BCUT2D eigenvalue weighted by molar-refractivity contribution is -0.121. The first-order valence-corrected chi connectivity index (χ1v) is 6.47. The molecule has 4 N–H and O–H groups in total. The lowest BCUT2D eigenvalue weighted by atomic mass is 10.3. The van der Waals surface area contributed by atoms with Crippen LogP contribution in [0.15, 0.2) is 4.99 Å². The molecule has 6 heteroatoms. The number of nitrogens with two attached hydrogens (primary N) is 1. The Hall–Kier alpha value is -0.530.